The highest BCUT2D eigenvalue weighted by Gasteiger charge is 2.37. The lowest BCUT2D eigenvalue weighted by Crippen LogP contribution is -2.53. The first-order valence-electron chi connectivity index (χ1n) is 11.9. The Labute approximate surface area is 219 Å². The van der Waals surface area contributed by atoms with Crippen molar-refractivity contribution in [1.29, 1.82) is 0 Å². The topological polar surface area (TPSA) is 97.0 Å². The van der Waals surface area contributed by atoms with E-state index in [9.17, 15) is 14.4 Å². The molecule has 37 heavy (non-hydrogen) atoms. The van der Waals surface area contributed by atoms with Gasteiger partial charge in [0.05, 0.1) is 7.11 Å². The van der Waals surface area contributed by atoms with E-state index in [0.29, 0.717) is 17.0 Å². The van der Waals surface area contributed by atoms with Gasteiger partial charge in [0.25, 0.3) is 11.8 Å². The standard InChI is InChI=1S/C29H35N3O5/c1-9-20-12-11-13-21(18-20)25(26(33)30-22-14-16-23(36-8)17-15-22)32(10-2)27(34)24(19(3)4)31-28(35)37-29(5,6)7/h2,9,11-19,24-25H,1H2,3-8H3,(H,30,33)(H,31,35). The number of amides is 3. The van der Waals surface area contributed by atoms with E-state index in [1.807, 2.05) is 6.07 Å². The normalized spacial score (nSPS) is 12.5. The van der Waals surface area contributed by atoms with Gasteiger partial charge in [0.2, 0.25) is 0 Å². The predicted molar refractivity (Wildman–Crippen MR) is 145 cm³/mol. The lowest BCUT2D eigenvalue weighted by Gasteiger charge is -2.32. The summed E-state index contributed by atoms with van der Waals surface area (Å²) in [7, 11) is 1.54. The SMILES string of the molecule is C#CN(C(=O)C(NC(=O)OC(C)(C)C)C(C)C)C(C(=O)Nc1ccc(OC)cc1)c1cccc(C=C)c1. The molecule has 0 aromatic heterocycles. The number of nitrogens with zero attached hydrogens (tertiary/aromatic N) is 1. The minimum Gasteiger partial charge on any atom is -0.497 e. The van der Waals surface area contributed by atoms with E-state index >= 15 is 0 Å². The zero-order chi connectivity index (χ0) is 27.8. The van der Waals surface area contributed by atoms with E-state index in [4.69, 9.17) is 15.9 Å². The van der Waals surface area contributed by atoms with Crippen molar-refractivity contribution >= 4 is 29.7 Å². The lowest BCUT2D eigenvalue weighted by atomic mass is 9.98. The van der Waals surface area contributed by atoms with Crippen LogP contribution in [0.5, 0.6) is 5.75 Å². The van der Waals surface area contributed by atoms with E-state index < -0.39 is 35.6 Å². The summed E-state index contributed by atoms with van der Waals surface area (Å²) >= 11 is 0. The molecule has 0 saturated heterocycles. The molecular weight excluding hydrogens is 470 g/mol. The molecule has 0 aliphatic heterocycles. The van der Waals surface area contributed by atoms with Crippen LogP contribution in [0.1, 0.15) is 51.8 Å². The van der Waals surface area contributed by atoms with E-state index in [0.717, 1.165) is 10.5 Å². The maximum absolute atomic E-state index is 13.7. The molecule has 8 heteroatoms. The summed E-state index contributed by atoms with van der Waals surface area (Å²) in [5, 5.41) is 5.43. The Morgan fingerprint density at radius 1 is 1.11 bits per heavy atom. The Morgan fingerprint density at radius 2 is 1.76 bits per heavy atom. The van der Waals surface area contributed by atoms with E-state index in [-0.39, 0.29) is 5.92 Å². The van der Waals surface area contributed by atoms with Crippen molar-refractivity contribution in [1.82, 2.24) is 10.2 Å². The Kier molecular flexibility index (Phi) is 9.90. The van der Waals surface area contributed by atoms with Crippen molar-refractivity contribution in [3.8, 4) is 18.2 Å². The number of methoxy groups -OCH3 is 1. The first-order valence-corrected chi connectivity index (χ1v) is 11.9. The molecule has 2 atom stereocenters. The molecule has 0 aliphatic rings. The van der Waals surface area contributed by atoms with Crippen LogP contribution in [0.3, 0.4) is 0 Å². The summed E-state index contributed by atoms with van der Waals surface area (Å²) < 4.78 is 10.5. The maximum Gasteiger partial charge on any atom is 0.408 e. The first kappa shape index (κ1) is 29.0. The number of carbonyl (C=O) groups is 3. The van der Waals surface area contributed by atoms with Crippen molar-refractivity contribution in [3.63, 3.8) is 0 Å². The third-order valence-electron chi connectivity index (χ3n) is 5.31. The molecular formula is C29H35N3O5. The summed E-state index contributed by atoms with van der Waals surface area (Å²) in [5.41, 5.74) is 0.963. The van der Waals surface area contributed by atoms with E-state index in [1.54, 1.807) is 90.3 Å². The molecule has 196 valence electrons. The number of nitrogens with one attached hydrogen (secondary N) is 2. The van der Waals surface area contributed by atoms with Crippen molar-refractivity contribution in [2.45, 2.75) is 52.3 Å². The average molecular weight is 506 g/mol. The van der Waals surface area contributed by atoms with Gasteiger partial charge in [-0.25, -0.2) is 4.79 Å². The summed E-state index contributed by atoms with van der Waals surface area (Å²) in [6.07, 6.45) is 6.69. The van der Waals surface area contributed by atoms with Crippen LogP contribution in [-0.2, 0) is 14.3 Å². The number of hydrogen-bond donors (Lipinski definition) is 2. The highest BCUT2D eigenvalue weighted by atomic mass is 16.6. The fourth-order valence-corrected chi connectivity index (χ4v) is 3.52. The van der Waals surface area contributed by atoms with Crippen LogP contribution >= 0.6 is 0 Å². The third kappa shape index (κ3) is 8.14. The molecule has 0 radical (unpaired) electrons. The Bertz CT molecular complexity index is 1160. The van der Waals surface area contributed by atoms with Gasteiger partial charge in [0, 0.05) is 11.7 Å². The van der Waals surface area contributed by atoms with Crippen molar-refractivity contribution in [2.24, 2.45) is 5.92 Å². The average Bonchev–Trinajstić information content (AvgIpc) is 2.84. The van der Waals surface area contributed by atoms with Crippen molar-refractivity contribution < 1.29 is 23.9 Å². The van der Waals surface area contributed by atoms with E-state index in [1.165, 1.54) is 0 Å². The van der Waals surface area contributed by atoms with Gasteiger partial charge in [-0.2, -0.15) is 0 Å². The summed E-state index contributed by atoms with van der Waals surface area (Å²) in [6.45, 7) is 12.5. The Morgan fingerprint density at radius 3 is 2.27 bits per heavy atom. The predicted octanol–water partition coefficient (Wildman–Crippen LogP) is 4.99. The fourth-order valence-electron chi connectivity index (χ4n) is 3.52. The fraction of sp³-hybridized carbons (Fsp3) is 0.345. The van der Waals surface area contributed by atoms with Gasteiger partial charge in [-0.15, -0.1) is 0 Å². The number of ether oxygens (including phenoxy) is 2. The molecule has 3 amide bonds. The van der Waals surface area contributed by atoms with Gasteiger partial charge >= 0.3 is 6.09 Å². The molecule has 2 aromatic carbocycles. The number of benzene rings is 2. The number of anilines is 1. The molecule has 2 aromatic rings. The molecule has 2 N–H and O–H groups in total. The minimum absolute atomic E-state index is 0.347. The van der Waals surface area contributed by atoms with Gasteiger partial charge in [-0.3, -0.25) is 14.5 Å². The molecule has 0 saturated carbocycles. The summed E-state index contributed by atoms with van der Waals surface area (Å²) in [5.74, 6) is -0.873. The molecule has 0 bridgehead atoms. The number of alkyl carbamates (subject to hydrolysis) is 1. The zero-order valence-electron chi connectivity index (χ0n) is 22.2. The molecule has 2 unspecified atom stereocenters. The van der Waals surface area contributed by atoms with Crippen LogP contribution in [-0.4, -0.2) is 41.6 Å². The Hall–Kier alpha value is -4.25. The smallest absolute Gasteiger partial charge is 0.408 e. The van der Waals surface area contributed by atoms with Crippen LogP contribution in [0.4, 0.5) is 10.5 Å². The lowest BCUT2D eigenvalue weighted by molar-refractivity contribution is -0.137. The second kappa shape index (κ2) is 12.6. The molecule has 0 fully saturated rings. The molecule has 2 rings (SSSR count). The second-order valence-corrected chi connectivity index (χ2v) is 9.70. The van der Waals surface area contributed by atoms with Crippen molar-refractivity contribution in [3.05, 3.63) is 66.2 Å². The third-order valence-corrected chi connectivity index (χ3v) is 5.31. The minimum atomic E-state index is -1.19. The summed E-state index contributed by atoms with van der Waals surface area (Å²) in [6, 6.07) is 13.9. The van der Waals surface area contributed by atoms with Crippen LogP contribution in [0, 0.1) is 18.4 Å². The highest BCUT2D eigenvalue weighted by molar-refractivity contribution is 5.99. The molecule has 0 heterocycles. The van der Waals surface area contributed by atoms with Crippen molar-refractivity contribution in [2.75, 3.05) is 12.4 Å². The first-order chi connectivity index (χ1) is 17.4. The van der Waals surface area contributed by atoms with Crippen LogP contribution < -0.4 is 15.4 Å². The maximum atomic E-state index is 13.7. The molecule has 8 nitrogen and oxygen atoms in total. The molecule has 0 aliphatic carbocycles. The van der Waals surface area contributed by atoms with Gasteiger partial charge in [0.15, 0.2) is 0 Å². The van der Waals surface area contributed by atoms with Gasteiger partial charge in [0.1, 0.15) is 23.4 Å². The van der Waals surface area contributed by atoms with Gasteiger partial charge in [-0.1, -0.05) is 51.1 Å². The second-order valence-electron chi connectivity index (χ2n) is 9.70. The number of terminal acetylenes is 1. The summed E-state index contributed by atoms with van der Waals surface area (Å²) in [4.78, 5) is 40.8. The van der Waals surface area contributed by atoms with Gasteiger partial charge in [-0.05, 0) is 68.1 Å². The monoisotopic (exact) mass is 505 g/mol. The van der Waals surface area contributed by atoms with Crippen LogP contribution in [0.25, 0.3) is 6.08 Å². The van der Waals surface area contributed by atoms with Crippen LogP contribution in [0.15, 0.2) is 55.1 Å². The largest absolute Gasteiger partial charge is 0.497 e. The Balaban J connectivity index is 2.47. The number of carbonyl (C=O) groups excluding carboxylic acids is 3. The number of hydrogen-bond acceptors (Lipinski definition) is 5. The van der Waals surface area contributed by atoms with Gasteiger partial charge < -0.3 is 20.1 Å². The quantitative estimate of drug-likeness (QED) is 0.370. The van der Waals surface area contributed by atoms with E-state index in [2.05, 4.69) is 23.3 Å². The zero-order valence-corrected chi connectivity index (χ0v) is 22.2. The number of rotatable bonds is 9. The molecule has 0 spiro atoms. The van der Waals surface area contributed by atoms with Crippen LogP contribution in [0.2, 0.25) is 0 Å². The highest BCUT2D eigenvalue weighted by Crippen LogP contribution is 2.26.